The van der Waals surface area contributed by atoms with Crippen LogP contribution in [-0.4, -0.2) is 47.4 Å². The molecule has 0 aromatic rings. The fraction of sp³-hybridized carbons (Fsp3) is 0.857. The Morgan fingerprint density at radius 1 is 1.21 bits per heavy atom. The quantitative estimate of drug-likeness (QED) is 0.857. The van der Waals surface area contributed by atoms with E-state index < -0.39 is 6.04 Å². The average molecular weight is 284 g/mol. The van der Waals surface area contributed by atoms with Gasteiger partial charge in [0.1, 0.15) is 6.04 Å². The van der Waals surface area contributed by atoms with E-state index in [1.54, 1.807) is 6.92 Å². The molecule has 0 bridgehead atoms. The summed E-state index contributed by atoms with van der Waals surface area (Å²) in [6, 6.07) is -0.395. The van der Waals surface area contributed by atoms with Crippen molar-refractivity contribution < 1.29 is 9.59 Å². The number of rotatable bonds is 3. The predicted molar refractivity (Wildman–Crippen MR) is 78.1 cm³/mol. The van der Waals surface area contributed by atoms with E-state index in [0.29, 0.717) is 0 Å². The van der Waals surface area contributed by atoms with Crippen LogP contribution in [0, 0.1) is 5.41 Å². The highest BCUT2D eigenvalue weighted by molar-refractivity contribution is 7.99. The summed E-state index contributed by atoms with van der Waals surface area (Å²) in [6.45, 7) is 5.44. The minimum atomic E-state index is -0.395. The van der Waals surface area contributed by atoms with Gasteiger partial charge in [-0.2, -0.15) is 11.8 Å². The monoisotopic (exact) mass is 284 g/mol. The normalized spacial score (nSPS) is 24.0. The van der Waals surface area contributed by atoms with Crippen LogP contribution in [0.15, 0.2) is 0 Å². The van der Waals surface area contributed by atoms with Crippen molar-refractivity contribution in [3.8, 4) is 0 Å². The molecule has 1 unspecified atom stereocenters. The fourth-order valence-corrected chi connectivity index (χ4v) is 3.78. The van der Waals surface area contributed by atoms with E-state index in [0.717, 1.165) is 50.3 Å². The number of carbonyl (C=O) groups excluding carboxylic acids is 2. The van der Waals surface area contributed by atoms with Gasteiger partial charge in [0.05, 0.1) is 0 Å². The number of hydrogen-bond acceptors (Lipinski definition) is 3. The molecule has 19 heavy (non-hydrogen) atoms. The minimum absolute atomic E-state index is 0.0530. The molecule has 2 amide bonds. The summed E-state index contributed by atoms with van der Waals surface area (Å²) in [5.41, 5.74) is -0.258. The second-order valence-electron chi connectivity index (χ2n) is 5.90. The van der Waals surface area contributed by atoms with E-state index in [1.165, 1.54) is 0 Å². The molecule has 1 aliphatic heterocycles. The molecule has 1 atom stereocenters. The largest absolute Gasteiger partial charge is 0.344 e. The van der Waals surface area contributed by atoms with Crippen molar-refractivity contribution in [1.82, 2.24) is 10.2 Å². The first-order valence-corrected chi connectivity index (χ1v) is 8.36. The highest BCUT2D eigenvalue weighted by Gasteiger charge is 2.37. The molecule has 108 valence electrons. The van der Waals surface area contributed by atoms with Crippen molar-refractivity contribution in [2.75, 3.05) is 24.6 Å². The third-order valence-electron chi connectivity index (χ3n) is 4.30. The molecule has 1 saturated heterocycles. The maximum atomic E-state index is 12.3. The van der Waals surface area contributed by atoms with Gasteiger partial charge in [0, 0.05) is 30.0 Å². The van der Waals surface area contributed by atoms with Crippen molar-refractivity contribution in [1.29, 1.82) is 0 Å². The number of thioether (sulfide) groups is 1. The smallest absolute Gasteiger partial charge is 0.244 e. The second-order valence-corrected chi connectivity index (χ2v) is 7.13. The lowest BCUT2D eigenvalue weighted by molar-refractivity contribution is -0.138. The summed E-state index contributed by atoms with van der Waals surface area (Å²) < 4.78 is 0. The molecule has 0 aromatic carbocycles. The van der Waals surface area contributed by atoms with Gasteiger partial charge in [-0.25, -0.2) is 0 Å². The first-order chi connectivity index (χ1) is 9.03. The Balaban J connectivity index is 1.87. The zero-order valence-electron chi connectivity index (χ0n) is 11.9. The Kier molecular flexibility index (Phi) is 4.76. The first-order valence-electron chi connectivity index (χ1n) is 7.20. The van der Waals surface area contributed by atoms with Gasteiger partial charge in [0.2, 0.25) is 11.8 Å². The number of nitrogens with one attached hydrogen (secondary N) is 1. The van der Waals surface area contributed by atoms with Gasteiger partial charge >= 0.3 is 0 Å². The molecule has 2 rings (SSSR count). The van der Waals surface area contributed by atoms with Crippen molar-refractivity contribution >= 4 is 23.6 Å². The third kappa shape index (κ3) is 3.44. The van der Waals surface area contributed by atoms with Crippen LogP contribution < -0.4 is 5.32 Å². The van der Waals surface area contributed by atoms with Crippen LogP contribution >= 0.6 is 11.8 Å². The van der Waals surface area contributed by atoms with E-state index in [1.807, 2.05) is 23.6 Å². The van der Waals surface area contributed by atoms with Crippen LogP contribution in [0.2, 0.25) is 0 Å². The molecule has 0 radical (unpaired) electrons. The lowest BCUT2D eigenvalue weighted by atomic mass is 9.87. The summed E-state index contributed by atoms with van der Waals surface area (Å²) in [5.74, 6) is 2.13. The van der Waals surface area contributed by atoms with Crippen LogP contribution in [0.1, 0.15) is 39.5 Å². The Labute approximate surface area is 119 Å². The standard InChI is InChI=1S/C14H24N2O2S/c1-11(12(17)16-7-9-19-10-8-16)15-13(18)14(2)5-3-4-6-14/h11H,3-10H2,1-2H3,(H,15,18). The first kappa shape index (κ1) is 14.7. The molecule has 2 fully saturated rings. The second kappa shape index (κ2) is 6.16. The van der Waals surface area contributed by atoms with Gasteiger partial charge in [-0.15, -0.1) is 0 Å². The van der Waals surface area contributed by atoms with Crippen LogP contribution in [0.25, 0.3) is 0 Å². The summed E-state index contributed by atoms with van der Waals surface area (Å²) in [5, 5.41) is 2.92. The van der Waals surface area contributed by atoms with Crippen molar-refractivity contribution in [3.05, 3.63) is 0 Å². The van der Waals surface area contributed by atoms with E-state index >= 15 is 0 Å². The van der Waals surface area contributed by atoms with Crippen molar-refractivity contribution in [2.45, 2.75) is 45.6 Å². The summed E-state index contributed by atoms with van der Waals surface area (Å²) >= 11 is 1.88. The van der Waals surface area contributed by atoms with Crippen molar-refractivity contribution in [2.24, 2.45) is 5.41 Å². The van der Waals surface area contributed by atoms with Crippen LogP contribution in [0.4, 0.5) is 0 Å². The predicted octanol–water partition coefficient (Wildman–Crippen LogP) is 1.65. The molecule has 2 aliphatic rings. The molecular weight excluding hydrogens is 260 g/mol. The summed E-state index contributed by atoms with van der Waals surface area (Å²) in [7, 11) is 0. The van der Waals surface area contributed by atoms with Gasteiger partial charge in [0.25, 0.3) is 0 Å². The Hall–Kier alpha value is -0.710. The molecular formula is C14H24N2O2S. The molecule has 1 aliphatic carbocycles. The van der Waals surface area contributed by atoms with E-state index in [-0.39, 0.29) is 17.2 Å². The van der Waals surface area contributed by atoms with Crippen LogP contribution in [0.5, 0.6) is 0 Å². The molecule has 4 nitrogen and oxygen atoms in total. The van der Waals surface area contributed by atoms with Gasteiger partial charge in [-0.1, -0.05) is 19.8 Å². The van der Waals surface area contributed by atoms with Crippen LogP contribution in [-0.2, 0) is 9.59 Å². The Morgan fingerprint density at radius 2 is 1.79 bits per heavy atom. The van der Waals surface area contributed by atoms with E-state index in [4.69, 9.17) is 0 Å². The zero-order valence-corrected chi connectivity index (χ0v) is 12.7. The number of nitrogens with zero attached hydrogens (tertiary/aromatic N) is 1. The van der Waals surface area contributed by atoms with Gasteiger partial charge in [-0.05, 0) is 19.8 Å². The average Bonchev–Trinajstić information content (AvgIpc) is 2.87. The van der Waals surface area contributed by atoms with Crippen molar-refractivity contribution in [3.63, 3.8) is 0 Å². The fourth-order valence-electron chi connectivity index (χ4n) is 2.87. The van der Waals surface area contributed by atoms with E-state index in [9.17, 15) is 9.59 Å². The number of carbonyl (C=O) groups is 2. The Morgan fingerprint density at radius 3 is 2.37 bits per heavy atom. The molecule has 5 heteroatoms. The topological polar surface area (TPSA) is 49.4 Å². The lowest BCUT2D eigenvalue weighted by Gasteiger charge is -2.31. The molecule has 1 saturated carbocycles. The number of amides is 2. The zero-order chi connectivity index (χ0) is 13.9. The van der Waals surface area contributed by atoms with Gasteiger partial charge in [0.15, 0.2) is 0 Å². The molecule has 0 spiro atoms. The van der Waals surface area contributed by atoms with Gasteiger partial charge < -0.3 is 10.2 Å². The summed E-state index contributed by atoms with van der Waals surface area (Å²) in [6.07, 6.45) is 4.13. The minimum Gasteiger partial charge on any atom is -0.344 e. The summed E-state index contributed by atoms with van der Waals surface area (Å²) in [4.78, 5) is 26.4. The lowest BCUT2D eigenvalue weighted by Crippen LogP contribution is -2.51. The number of hydrogen-bond donors (Lipinski definition) is 1. The SMILES string of the molecule is CC(NC(=O)C1(C)CCCC1)C(=O)N1CCSCC1. The van der Waals surface area contributed by atoms with E-state index in [2.05, 4.69) is 5.32 Å². The third-order valence-corrected chi connectivity index (χ3v) is 5.24. The highest BCUT2D eigenvalue weighted by Crippen LogP contribution is 2.37. The highest BCUT2D eigenvalue weighted by atomic mass is 32.2. The Bertz CT molecular complexity index is 347. The maximum absolute atomic E-state index is 12.3. The molecule has 0 aromatic heterocycles. The maximum Gasteiger partial charge on any atom is 0.244 e. The molecule has 1 N–H and O–H groups in total. The van der Waals surface area contributed by atoms with Gasteiger partial charge in [-0.3, -0.25) is 9.59 Å². The molecule has 1 heterocycles. The van der Waals surface area contributed by atoms with Crippen LogP contribution in [0.3, 0.4) is 0 Å².